The summed E-state index contributed by atoms with van der Waals surface area (Å²) in [4.78, 5) is 0. The Hall–Kier alpha value is -0.786. The number of rotatable bonds is 3. The van der Waals surface area contributed by atoms with Gasteiger partial charge >= 0.3 is 0 Å². The zero-order valence-corrected chi connectivity index (χ0v) is 10.9. The predicted octanol–water partition coefficient (Wildman–Crippen LogP) is 3.03. The molecule has 13 heavy (non-hydrogen) atoms. The van der Waals surface area contributed by atoms with Crippen molar-refractivity contribution in [1.29, 1.82) is 0 Å². The van der Waals surface area contributed by atoms with Crippen LogP contribution in [0.25, 0.3) is 0 Å². The average molecular weight is 206 g/mol. The van der Waals surface area contributed by atoms with Gasteiger partial charge in [0.2, 0.25) is 8.07 Å². The molecule has 0 N–H and O–H groups in total. The molecule has 0 aromatic rings. The Morgan fingerprint density at radius 2 is 1.23 bits per heavy atom. The van der Waals surface area contributed by atoms with Gasteiger partial charge in [0.25, 0.3) is 0 Å². The molecule has 0 amide bonds. The van der Waals surface area contributed by atoms with Crippen LogP contribution in [0.1, 0.15) is 0 Å². The van der Waals surface area contributed by atoms with Gasteiger partial charge in [0.1, 0.15) is 8.07 Å². The Labute approximate surface area is 84.1 Å². The molecule has 70 valence electrons. The molecular weight excluding hydrogens is 188 g/mol. The van der Waals surface area contributed by atoms with Gasteiger partial charge in [-0.1, -0.05) is 36.7 Å². The van der Waals surface area contributed by atoms with Crippen molar-refractivity contribution in [2.45, 2.75) is 19.6 Å². The van der Waals surface area contributed by atoms with E-state index < -0.39 is 16.1 Å². The third-order valence-electron chi connectivity index (χ3n) is 1.67. The summed E-state index contributed by atoms with van der Waals surface area (Å²) in [6.07, 6.45) is 0. The molecule has 0 fully saturated rings. The highest BCUT2D eigenvalue weighted by atomic mass is 28.3. The first-order valence-corrected chi connectivity index (χ1v) is 10.1. The molecule has 0 spiro atoms. The molecule has 0 aliphatic carbocycles. The minimum atomic E-state index is -1.86. The number of hydrogen-bond acceptors (Lipinski definition) is 0. The Morgan fingerprint density at radius 1 is 0.846 bits per heavy atom. The fourth-order valence-electron chi connectivity index (χ4n) is 0.699. The molecule has 0 saturated carbocycles. The predicted molar refractivity (Wildman–Crippen MR) is 67.5 cm³/mol. The molecule has 0 bridgehead atoms. The van der Waals surface area contributed by atoms with Gasteiger partial charge in [-0.3, -0.25) is 0 Å². The largest absolute Gasteiger partial charge is 0.205 e. The molecule has 0 saturated heterocycles. The Morgan fingerprint density at radius 3 is 1.46 bits per heavy atom. The molecule has 0 aromatic heterocycles. The van der Waals surface area contributed by atoms with Crippen molar-refractivity contribution >= 4 is 16.1 Å². The molecule has 0 aromatic carbocycles. The van der Waals surface area contributed by atoms with Crippen LogP contribution in [0.4, 0.5) is 0 Å². The van der Waals surface area contributed by atoms with Gasteiger partial charge in [-0.2, -0.15) is 0 Å². The lowest BCUT2D eigenvalue weighted by Crippen LogP contribution is -2.27. The molecule has 0 aliphatic rings. The van der Waals surface area contributed by atoms with Crippen molar-refractivity contribution in [3.05, 3.63) is 36.8 Å². The fourth-order valence-corrected chi connectivity index (χ4v) is 3.87. The summed E-state index contributed by atoms with van der Waals surface area (Å²) < 4.78 is 0. The van der Waals surface area contributed by atoms with E-state index in [4.69, 9.17) is 0 Å². The highest BCUT2D eigenvalue weighted by Crippen LogP contribution is 2.06. The first-order chi connectivity index (χ1) is 5.89. The molecule has 0 nitrogen and oxygen atoms in total. The summed E-state index contributed by atoms with van der Waals surface area (Å²) in [5.74, 6) is 0. The first kappa shape index (κ1) is 12.2. The van der Waals surface area contributed by atoms with Crippen molar-refractivity contribution in [2.24, 2.45) is 0 Å². The van der Waals surface area contributed by atoms with E-state index in [1.807, 2.05) is 17.1 Å². The fraction of sp³-hybridized carbons (Fsp3) is 0.273. The second-order valence-corrected chi connectivity index (χ2v) is 12.1. The van der Waals surface area contributed by atoms with E-state index in [1.54, 1.807) is 0 Å². The van der Waals surface area contributed by atoms with Crippen LogP contribution in [0, 0.1) is 11.1 Å². The van der Waals surface area contributed by atoms with Gasteiger partial charge in [0, 0.05) is 0 Å². The maximum Gasteiger partial charge on any atom is 0.205 e. The van der Waals surface area contributed by atoms with Crippen LogP contribution < -0.4 is 0 Å². The van der Waals surface area contributed by atoms with Crippen molar-refractivity contribution in [1.82, 2.24) is 0 Å². The summed E-state index contributed by atoms with van der Waals surface area (Å²) in [5.41, 5.74) is 12.4. The van der Waals surface area contributed by atoms with Crippen molar-refractivity contribution in [3.8, 4) is 11.1 Å². The zero-order valence-electron chi connectivity index (χ0n) is 8.85. The lowest BCUT2D eigenvalue weighted by Gasteiger charge is -2.12. The minimum Gasteiger partial charge on any atom is -0.138 e. The Bertz CT molecular complexity index is 249. The van der Waals surface area contributed by atoms with E-state index in [1.165, 1.54) is 0 Å². The third-order valence-corrected chi connectivity index (χ3v) is 5.38. The molecule has 0 aliphatic heterocycles. The summed E-state index contributed by atoms with van der Waals surface area (Å²) >= 11 is 0. The topological polar surface area (TPSA) is 0 Å². The smallest absolute Gasteiger partial charge is 0.138 e. The van der Waals surface area contributed by atoms with Crippen LogP contribution in [-0.4, -0.2) is 16.1 Å². The van der Waals surface area contributed by atoms with Crippen LogP contribution in [-0.2, 0) is 0 Å². The first-order valence-electron chi connectivity index (χ1n) is 4.34. The third kappa shape index (κ3) is 4.11. The van der Waals surface area contributed by atoms with Gasteiger partial charge in [0.05, 0.1) is 0 Å². The van der Waals surface area contributed by atoms with E-state index in [0.29, 0.717) is 0 Å². The second-order valence-electron chi connectivity index (χ2n) is 4.05. The van der Waals surface area contributed by atoms with Gasteiger partial charge in [-0.15, -0.1) is 30.8 Å². The van der Waals surface area contributed by atoms with Crippen LogP contribution in [0.3, 0.4) is 0 Å². The van der Waals surface area contributed by atoms with Gasteiger partial charge in [-0.05, 0) is 0 Å². The Balaban J connectivity index is 4.98. The minimum absolute atomic E-state index is 1.29. The molecular formula is C11H18Si2. The summed E-state index contributed by atoms with van der Waals surface area (Å²) in [5, 5.41) is 0. The van der Waals surface area contributed by atoms with Gasteiger partial charge in [-0.25, -0.2) is 0 Å². The quantitative estimate of drug-likeness (QED) is 0.492. The Kier molecular flexibility index (Phi) is 4.18. The zero-order chi connectivity index (χ0) is 10.5. The highest BCUT2D eigenvalue weighted by molar-refractivity contribution is 7.00. The maximum absolute atomic E-state index is 3.81. The van der Waals surface area contributed by atoms with E-state index in [9.17, 15) is 0 Å². The SMILES string of the molecule is C=C[Si](C#C[Si](C)(C)C)(C=C)C=C. The monoisotopic (exact) mass is 206 g/mol. The van der Waals surface area contributed by atoms with Crippen LogP contribution >= 0.6 is 0 Å². The summed E-state index contributed by atoms with van der Waals surface area (Å²) in [6.45, 7) is 18.1. The van der Waals surface area contributed by atoms with Crippen LogP contribution in [0.15, 0.2) is 36.8 Å². The van der Waals surface area contributed by atoms with Crippen molar-refractivity contribution < 1.29 is 0 Å². The van der Waals surface area contributed by atoms with Crippen LogP contribution in [0.2, 0.25) is 19.6 Å². The highest BCUT2D eigenvalue weighted by Gasteiger charge is 2.19. The van der Waals surface area contributed by atoms with E-state index >= 15 is 0 Å². The second kappa shape index (κ2) is 4.45. The summed E-state index contributed by atoms with van der Waals surface area (Å²) in [6, 6.07) is 0. The molecule has 0 rings (SSSR count). The molecule has 0 unspecified atom stereocenters. The molecule has 2 heteroatoms. The normalized spacial score (nSPS) is 11.0. The molecule has 0 radical (unpaired) electrons. The van der Waals surface area contributed by atoms with Crippen LogP contribution in [0.5, 0.6) is 0 Å². The van der Waals surface area contributed by atoms with Gasteiger partial charge in [0.15, 0.2) is 0 Å². The van der Waals surface area contributed by atoms with E-state index in [-0.39, 0.29) is 0 Å². The lowest BCUT2D eigenvalue weighted by molar-refractivity contribution is 1.81. The van der Waals surface area contributed by atoms with E-state index in [2.05, 4.69) is 50.5 Å². The summed E-state index contributed by atoms with van der Waals surface area (Å²) in [7, 11) is -3.15. The van der Waals surface area contributed by atoms with E-state index in [0.717, 1.165) is 0 Å². The van der Waals surface area contributed by atoms with Crippen molar-refractivity contribution in [3.63, 3.8) is 0 Å². The lowest BCUT2D eigenvalue weighted by atomic mass is 11.2. The molecule has 0 heterocycles. The van der Waals surface area contributed by atoms with Crippen molar-refractivity contribution in [2.75, 3.05) is 0 Å². The number of hydrogen-bond donors (Lipinski definition) is 0. The average Bonchev–Trinajstić information content (AvgIpc) is 2.06. The standard InChI is InChI=1S/C11H18Si2/c1-7-13(8-2,9-3)11-10-12(4,5)6/h7-9H,1-3H2,4-6H3. The van der Waals surface area contributed by atoms with Gasteiger partial charge < -0.3 is 0 Å². The maximum atomic E-state index is 3.81. The molecule has 0 atom stereocenters.